The number of amides is 2. The predicted octanol–water partition coefficient (Wildman–Crippen LogP) is 4.64. The van der Waals surface area contributed by atoms with E-state index in [9.17, 15) is 9.59 Å². The molecule has 0 unspecified atom stereocenters. The summed E-state index contributed by atoms with van der Waals surface area (Å²) in [4.78, 5) is 29.0. The zero-order valence-corrected chi connectivity index (χ0v) is 18.7. The molecule has 2 aliphatic rings. The van der Waals surface area contributed by atoms with E-state index in [1.165, 1.54) is 11.1 Å². The molecular weight excluding hydrogens is 384 g/mol. The highest BCUT2D eigenvalue weighted by Crippen LogP contribution is 2.23. The summed E-state index contributed by atoms with van der Waals surface area (Å²) in [5.41, 5.74) is 4.54. The monoisotopic (exact) mass is 418 g/mol. The van der Waals surface area contributed by atoms with E-state index in [0.717, 1.165) is 75.8 Å². The fourth-order valence-electron chi connectivity index (χ4n) is 4.85. The number of piperidine rings is 1. The summed E-state index contributed by atoms with van der Waals surface area (Å²) < 4.78 is 0. The van der Waals surface area contributed by atoms with Crippen LogP contribution in [0.1, 0.15) is 59.2 Å². The van der Waals surface area contributed by atoms with E-state index in [0.29, 0.717) is 18.2 Å². The first-order chi connectivity index (χ1) is 15.1. The van der Waals surface area contributed by atoms with E-state index in [4.69, 9.17) is 0 Å². The molecule has 0 radical (unpaired) electrons. The topological polar surface area (TPSA) is 40.6 Å². The van der Waals surface area contributed by atoms with Gasteiger partial charge in [-0.1, -0.05) is 42.0 Å². The summed E-state index contributed by atoms with van der Waals surface area (Å²) in [6.45, 7) is 5.59. The Morgan fingerprint density at radius 1 is 0.871 bits per heavy atom. The van der Waals surface area contributed by atoms with Gasteiger partial charge < -0.3 is 9.80 Å². The summed E-state index contributed by atoms with van der Waals surface area (Å²) in [7, 11) is 0. The Kier molecular flexibility index (Phi) is 7.06. The normalized spacial score (nSPS) is 17.2. The number of nitrogens with zero attached hydrogens (tertiary/aromatic N) is 2. The molecule has 2 heterocycles. The van der Waals surface area contributed by atoms with Crippen molar-refractivity contribution in [3.05, 3.63) is 70.8 Å². The minimum absolute atomic E-state index is 0.162. The quantitative estimate of drug-likeness (QED) is 0.685. The van der Waals surface area contributed by atoms with Crippen molar-refractivity contribution in [2.75, 3.05) is 26.2 Å². The summed E-state index contributed by atoms with van der Waals surface area (Å²) in [6.07, 6.45) is 6.94. The maximum absolute atomic E-state index is 12.7. The molecule has 2 aromatic carbocycles. The SMILES string of the molecule is Cc1cccc(C(=O)N2CCC(Cc3ccc(CCC(=O)N4CCCC4)cc3)CC2)c1. The second-order valence-electron chi connectivity index (χ2n) is 9.21. The molecule has 4 rings (SSSR count). The molecule has 0 aliphatic carbocycles. The number of benzene rings is 2. The number of hydrogen-bond donors (Lipinski definition) is 0. The standard InChI is InChI=1S/C27H34N2O2/c1-21-5-4-6-25(19-21)27(31)29-17-13-24(14-18-29)20-23-9-7-22(8-10-23)11-12-26(30)28-15-2-3-16-28/h4-10,19,24H,2-3,11-18,20H2,1H3. The van der Waals surface area contributed by atoms with Gasteiger partial charge >= 0.3 is 0 Å². The van der Waals surface area contributed by atoms with Crippen molar-refractivity contribution >= 4 is 11.8 Å². The average Bonchev–Trinajstić information content (AvgIpc) is 3.34. The third kappa shape index (κ3) is 5.75. The highest BCUT2D eigenvalue weighted by molar-refractivity contribution is 5.94. The van der Waals surface area contributed by atoms with Gasteiger partial charge in [0, 0.05) is 38.2 Å². The van der Waals surface area contributed by atoms with E-state index in [2.05, 4.69) is 24.3 Å². The van der Waals surface area contributed by atoms with Crippen molar-refractivity contribution in [2.24, 2.45) is 5.92 Å². The lowest BCUT2D eigenvalue weighted by Gasteiger charge is -2.32. The van der Waals surface area contributed by atoms with Crippen molar-refractivity contribution < 1.29 is 9.59 Å². The highest BCUT2D eigenvalue weighted by atomic mass is 16.2. The minimum Gasteiger partial charge on any atom is -0.343 e. The van der Waals surface area contributed by atoms with Gasteiger partial charge in [-0.25, -0.2) is 0 Å². The van der Waals surface area contributed by atoms with Crippen LogP contribution in [0.3, 0.4) is 0 Å². The number of aryl methyl sites for hydroxylation is 2. The maximum atomic E-state index is 12.7. The smallest absolute Gasteiger partial charge is 0.253 e. The summed E-state index contributed by atoms with van der Waals surface area (Å²) in [6, 6.07) is 16.7. The van der Waals surface area contributed by atoms with Gasteiger partial charge in [-0.3, -0.25) is 9.59 Å². The van der Waals surface area contributed by atoms with Crippen LogP contribution in [0.25, 0.3) is 0 Å². The van der Waals surface area contributed by atoms with Crippen LogP contribution in [-0.4, -0.2) is 47.8 Å². The fraction of sp³-hybridized carbons (Fsp3) is 0.481. The van der Waals surface area contributed by atoms with Gasteiger partial charge in [0.1, 0.15) is 0 Å². The molecule has 31 heavy (non-hydrogen) atoms. The molecule has 4 nitrogen and oxygen atoms in total. The molecule has 2 aliphatic heterocycles. The Balaban J connectivity index is 1.22. The molecule has 0 spiro atoms. The lowest BCUT2D eigenvalue weighted by Crippen LogP contribution is -2.38. The van der Waals surface area contributed by atoms with Gasteiger partial charge in [-0.15, -0.1) is 0 Å². The summed E-state index contributed by atoms with van der Waals surface area (Å²) in [5, 5.41) is 0. The van der Waals surface area contributed by atoms with Gasteiger partial charge in [0.05, 0.1) is 0 Å². The van der Waals surface area contributed by atoms with Crippen LogP contribution in [0.2, 0.25) is 0 Å². The van der Waals surface area contributed by atoms with E-state index in [1.54, 1.807) is 0 Å². The molecule has 0 bridgehead atoms. The average molecular weight is 419 g/mol. The van der Waals surface area contributed by atoms with Crippen LogP contribution in [-0.2, 0) is 17.6 Å². The van der Waals surface area contributed by atoms with Crippen LogP contribution in [0, 0.1) is 12.8 Å². The Hall–Kier alpha value is -2.62. The third-order valence-corrected chi connectivity index (χ3v) is 6.80. The van der Waals surface area contributed by atoms with Gasteiger partial charge in [-0.2, -0.15) is 0 Å². The minimum atomic E-state index is 0.162. The van der Waals surface area contributed by atoms with Crippen LogP contribution in [0.5, 0.6) is 0 Å². The lowest BCUT2D eigenvalue weighted by molar-refractivity contribution is -0.130. The number of rotatable bonds is 6. The lowest BCUT2D eigenvalue weighted by atomic mass is 9.89. The Morgan fingerprint density at radius 3 is 2.23 bits per heavy atom. The summed E-state index contributed by atoms with van der Waals surface area (Å²) in [5.74, 6) is 1.09. The second kappa shape index (κ2) is 10.1. The number of carbonyl (C=O) groups is 2. The molecule has 4 heteroatoms. The molecule has 0 N–H and O–H groups in total. The molecule has 0 aromatic heterocycles. The predicted molar refractivity (Wildman–Crippen MR) is 124 cm³/mol. The van der Waals surface area contributed by atoms with Crippen molar-refractivity contribution in [3.63, 3.8) is 0 Å². The van der Waals surface area contributed by atoms with Crippen LogP contribution in [0.15, 0.2) is 48.5 Å². The fourth-order valence-corrected chi connectivity index (χ4v) is 4.85. The molecule has 2 aromatic rings. The largest absolute Gasteiger partial charge is 0.343 e. The van der Waals surface area contributed by atoms with Gasteiger partial charge in [-0.05, 0) is 74.6 Å². The van der Waals surface area contributed by atoms with E-state index < -0.39 is 0 Å². The highest BCUT2D eigenvalue weighted by Gasteiger charge is 2.24. The van der Waals surface area contributed by atoms with Crippen molar-refractivity contribution in [3.8, 4) is 0 Å². The number of likely N-dealkylation sites (tertiary alicyclic amines) is 2. The molecule has 2 amide bonds. The molecule has 2 fully saturated rings. The third-order valence-electron chi connectivity index (χ3n) is 6.80. The number of carbonyl (C=O) groups excluding carboxylic acids is 2. The van der Waals surface area contributed by atoms with Gasteiger partial charge in [0.25, 0.3) is 5.91 Å². The van der Waals surface area contributed by atoms with E-state index in [1.807, 2.05) is 41.0 Å². The van der Waals surface area contributed by atoms with E-state index in [-0.39, 0.29) is 5.91 Å². The molecule has 2 saturated heterocycles. The first kappa shape index (κ1) is 21.6. The first-order valence-corrected chi connectivity index (χ1v) is 11.8. The zero-order chi connectivity index (χ0) is 21.6. The van der Waals surface area contributed by atoms with E-state index >= 15 is 0 Å². The van der Waals surface area contributed by atoms with Crippen LogP contribution < -0.4 is 0 Å². The van der Waals surface area contributed by atoms with Crippen LogP contribution >= 0.6 is 0 Å². The first-order valence-electron chi connectivity index (χ1n) is 11.8. The molecular formula is C27H34N2O2. The second-order valence-corrected chi connectivity index (χ2v) is 9.21. The van der Waals surface area contributed by atoms with Crippen LogP contribution in [0.4, 0.5) is 0 Å². The Labute approximate surface area is 186 Å². The number of hydrogen-bond acceptors (Lipinski definition) is 2. The van der Waals surface area contributed by atoms with Gasteiger partial charge in [0.15, 0.2) is 0 Å². The molecule has 0 atom stereocenters. The Bertz CT molecular complexity index is 892. The molecule has 0 saturated carbocycles. The zero-order valence-electron chi connectivity index (χ0n) is 18.7. The van der Waals surface area contributed by atoms with Crippen molar-refractivity contribution in [1.29, 1.82) is 0 Å². The maximum Gasteiger partial charge on any atom is 0.253 e. The van der Waals surface area contributed by atoms with Crippen molar-refractivity contribution in [1.82, 2.24) is 9.80 Å². The van der Waals surface area contributed by atoms with Crippen molar-refractivity contribution in [2.45, 2.75) is 51.9 Å². The molecule has 164 valence electrons. The van der Waals surface area contributed by atoms with Gasteiger partial charge in [0.2, 0.25) is 5.91 Å². The summed E-state index contributed by atoms with van der Waals surface area (Å²) >= 11 is 0. The Morgan fingerprint density at radius 2 is 1.55 bits per heavy atom.